The minimum absolute atomic E-state index is 0.148. The van der Waals surface area contributed by atoms with E-state index in [-0.39, 0.29) is 22.5 Å². The minimum Gasteiger partial charge on any atom is -0.493 e. The van der Waals surface area contributed by atoms with Gasteiger partial charge in [-0.25, -0.2) is 9.79 Å². The van der Waals surface area contributed by atoms with Crippen molar-refractivity contribution >= 4 is 34.8 Å². The standard InChI is InChI=1S/C19H20N2O6S/c1-9-15(18(24)26-5)16(21-17(23)10(2)28-19(21)20-9)12-6-7-13(27-11(3)22)14(8-12)25-4/h6-8,10,16H,1-5H3/t10-,16-/m1/s1. The number of benzene rings is 1. The molecule has 9 heteroatoms. The molecule has 0 unspecified atom stereocenters. The van der Waals surface area contributed by atoms with Crippen LogP contribution in [-0.2, 0) is 19.1 Å². The lowest BCUT2D eigenvalue weighted by molar-refractivity contribution is -0.137. The quantitative estimate of drug-likeness (QED) is 0.562. The predicted octanol–water partition coefficient (Wildman–Crippen LogP) is 2.44. The Morgan fingerprint density at radius 3 is 2.54 bits per heavy atom. The first-order valence-corrected chi connectivity index (χ1v) is 9.40. The molecule has 1 aromatic rings. The molecule has 8 nitrogen and oxygen atoms in total. The number of amidine groups is 1. The number of thioether (sulfide) groups is 1. The number of carbonyl (C=O) groups excluding carboxylic acids is 3. The summed E-state index contributed by atoms with van der Waals surface area (Å²) in [6.07, 6.45) is 0. The van der Waals surface area contributed by atoms with Crippen LogP contribution in [0.4, 0.5) is 0 Å². The van der Waals surface area contributed by atoms with E-state index in [1.807, 2.05) is 0 Å². The highest BCUT2D eigenvalue weighted by molar-refractivity contribution is 8.15. The Bertz CT molecular complexity index is 923. The highest BCUT2D eigenvalue weighted by atomic mass is 32.2. The fourth-order valence-electron chi connectivity index (χ4n) is 3.18. The molecule has 1 aromatic carbocycles. The highest BCUT2D eigenvalue weighted by Crippen LogP contribution is 2.44. The summed E-state index contributed by atoms with van der Waals surface area (Å²) in [7, 11) is 2.73. The monoisotopic (exact) mass is 404 g/mol. The third kappa shape index (κ3) is 3.37. The zero-order valence-electron chi connectivity index (χ0n) is 16.1. The number of ether oxygens (including phenoxy) is 3. The molecule has 1 fully saturated rings. The molecule has 1 saturated heterocycles. The summed E-state index contributed by atoms with van der Waals surface area (Å²) in [5.74, 6) is -0.634. The highest BCUT2D eigenvalue weighted by Gasteiger charge is 2.46. The van der Waals surface area contributed by atoms with E-state index in [2.05, 4.69) is 4.99 Å². The van der Waals surface area contributed by atoms with Gasteiger partial charge in [0.15, 0.2) is 16.7 Å². The SMILES string of the molecule is COC(=O)C1=C(C)N=C2S[C@H](C)C(=O)N2[C@@H]1c1ccc(OC(C)=O)c(OC)c1. The van der Waals surface area contributed by atoms with Gasteiger partial charge in [-0.1, -0.05) is 17.8 Å². The van der Waals surface area contributed by atoms with Crippen LogP contribution < -0.4 is 9.47 Å². The van der Waals surface area contributed by atoms with Crippen molar-refractivity contribution in [2.45, 2.75) is 32.1 Å². The topological polar surface area (TPSA) is 94.5 Å². The number of hydrogen-bond donors (Lipinski definition) is 0. The van der Waals surface area contributed by atoms with E-state index in [9.17, 15) is 14.4 Å². The van der Waals surface area contributed by atoms with E-state index in [4.69, 9.17) is 14.2 Å². The Morgan fingerprint density at radius 2 is 1.93 bits per heavy atom. The first kappa shape index (κ1) is 19.9. The largest absolute Gasteiger partial charge is 0.493 e. The van der Waals surface area contributed by atoms with Crippen molar-refractivity contribution in [1.29, 1.82) is 0 Å². The number of amides is 1. The summed E-state index contributed by atoms with van der Waals surface area (Å²) in [6.45, 7) is 4.80. The third-order valence-electron chi connectivity index (χ3n) is 4.42. The predicted molar refractivity (Wildman–Crippen MR) is 103 cm³/mol. The number of fused-ring (bicyclic) bond motifs is 1. The van der Waals surface area contributed by atoms with E-state index in [1.165, 1.54) is 37.8 Å². The molecule has 3 rings (SSSR count). The van der Waals surface area contributed by atoms with Gasteiger partial charge in [0.05, 0.1) is 36.8 Å². The van der Waals surface area contributed by atoms with E-state index < -0.39 is 18.0 Å². The summed E-state index contributed by atoms with van der Waals surface area (Å²) in [4.78, 5) is 42.6. The van der Waals surface area contributed by atoms with Crippen molar-refractivity contribution in [3.63, 3.8) is 0 Å². The van der Waals surface area contributed by atoms with Gasteiger partial charge in [0.1, 0.15) is 0 Å². The summed E-state index contributed by atoms with van der Waals surface area (Å²) >= 11 is 1.34. The lowest BCUT2D eigenvalue weighted by Crippen LogP contribution is -2.40. The molecule has 1 amide bonds. The van der Waals surface area contributed by atoms with Gasteiger partial charge in [0.25, 0.3) is 0 Å². The zero-order valence-corrected chi connectivity index (χ0v) is 17.0. The number of aliphatic imine (C=N–C) groups is 1. The van der Waals surface area contributed by atoms with Crippen LogP contribution in [-0.4, -0.2) is 47.4 Å². The van der Waals surface area contributed by atoms with Crippen LogP contribution in [0.1, 0.15) is 32.4 Å². The molecule has 2 heterocycles. The fraction of sp³-hybridized carbons (Fsp3) is 0.368. The zero-order chi connectivity index (χ0) is 20.6. The molecule has 0 radical (unpaired) electrons. The van der Waals surface area contributed by atoms with Crippen molar-refractivity contribution in [2.75, 3.05) is 14.2 Å². The van der Waals surface area contributed by atoms with Crippen molar-refractivity contribution < 1.29 is 28.6 Å². The lowest BCUT2D eigenvalue weighted by atomic mass is 9.94. The number of esters is 2. The smallest absolute Gasteiger partial charge is 0.338 e. The van der Waals surface area contributed by atoms with Crippen LogP contribution in [0.5, 0.6) is 11.5 Å². The van der Waals surface area contributed by atoms with Gasteiger partial charge in [-0.2, -0.15) is 0 Å². The molecule has 2 aliphatic heterocycles. The second kappa shape index (κ2) is 7.67. The van der Waals surface area contributed by atoms with Gasteiger partial charge in [-0.15, -0.1) is 0 Å². The first-order chi connectivity index (χ1) is 13.3. The van der Waals surface area contributed by atoms with Gasteiger partial charge >= 0.3 is 11.9 Å². The van der Waals surface area contributed by atoms with Gasteiger partial charge in [-0.3, -0.25) is 14.5 Å². The van der Waals surface area contributed by atoms with E-state index in [0.29, 0.717) is 22.2 Å². The van der Waals surface area contributed by atoms with Crippen LogP contribution in [0, 0.1) is 0 Å². The molecule has 0 N–H and O–H groups in total. The Morgan fingerprint density at radius 1 is 1.21 bits per heavy atom. The average molecular weight is 404 g/mol. The second-order valence-electron chi connectivity index (χ2n) is 6.26. The van der Waals surface area contributed by atoms with Crippen LogP contribution in [0.25, 0.3) is 0 Å². The van der Waals surface area contributed by atoms with Gasteiger partial charge < -0.3 is 14.2 Å². The molecule has 2 aliphatic rings. The van der Waals surface area contributed by atoms with Gasteiger partial charge in [-0.05, 0) is 31.5 Å². The molecular formula is C19H20N2O6S. The Labute approximate surface area is 166 Å². The van der Waals surface area contributed by atoms with Crippen molar-refractivity contribution in [1.82, 2.24) is 4.90 Å². The molecule has 2 atom stereocenters. The molecule has 0 aliphatic carbocycles. The third-order valence-corrected chi connectivity index (χ3v) is 5.47. The van der Waals surface area contributed by atoms with Gasteiger partial charge in [0.2, 0.25) is 5.91 Å². The van der Waals surface area contributed by atoms with Crippen LogP contribution in [0.3, 0.4) is 0 Å². The Hall–Kier alpha value is -2.81. The number of rotatable bonds is 4. The molecular weight excluding hydrogens is 384 g/mol. The number of hydrogen-bond acceptors (Lipinski definition) is 8. The second-order valence-corrected chi connectivity index (χ2v) is 7.57. The maximum atomic E-state index is 12.8. The fourth-order valence-corrected chi connectivity index (χ4v) is 4.21. The lowest BCUT2D eigenvalue weighted by Gasteiger charge is -2.33. The number of methoxy groups -OCH3 is 2. The van der Waals surface area contributed by atoms with E-state index in [0.717, 1.165) is 0 Å². The summed E-state index contributed by atoms with van der Waals surface area (Å²) in [6, 6.07) is 4.18. The van der Waals surface area contributed by atoms with E-state index in [1.54, 1.807) is 32.0 Å². The molecule has 148 valence electrons. The Kier molecular flexibility index (Phi) is 5.46. The Balaban J connectivity index is 2.15. The van der Waals surface area contributed by atoms with Crippen molar-refractivity contribution in [3.05, 3.63) is 35.0 Å². The van der Waals surface area contributed by atoms with Gasteiger partial charge in [0, 0.05) is 6.92 Å². The average Bonchev–Trinajstić information content (AvgIpc) is 2.93. The molecule has 28 heavy (non-hydrogen) atoms. The summed E-state index contributed by atoms with van der Waals surface area (Å²) < 4.78 is 15.4. The minimum atomic E-state index is -0.717. The normalized spacial score (nSPS) is 21.2. The molecule has 0 bridgehead atoms. The number of allylic oxidation sites excluding steroid dienone is 1. The van der Waals surface area contributed by atoms with Crippen molar-refractivity contribution in [3.8, 4) is 11.5 Å². The van der Waals surface area contributed by atoms with Crippen LogP contribution in [0.2, 0.25) is 0 Å². The van der Waals surface area contributed by atoms with Crippen LogP contribution >= 0.6 is 11.8 Å². The van der Waals surface area contributed by atoms with Crippen molar-refractivity contribution in [2.24, 2.45) is 4.99 Å². The molecule has 0 spiro atoms. The van der Waals surface area contributed by atoms with Crippen LogP contribution in [0.15, 0.2) is 34.5 Å². The number of nitrogens with zero attached hydrogens (tertiary/aromatic N) is 2. The first-order valence-electron chi connectivity index (χ1n) is 8.52. The number of carbonyl (C=O) groups is 3. The molecule has 0 saturated carbocycles. The van der Waals surface area contributed by atoms with E-state index >= 15 is 0 Å². The summed E-state index contributed by atoms with van der Waals surface area (Å²) in [5, 5.41) is 0.226. The maximum Gasteiger partial charge on any atom is 0.338 e. The molecule has 0 aromatic heterocycles. The maximum absolute atomic E-state index is 12.8. The summed E-state index contributed by atoms with van der Waals surface area (Å²) in [5.41, 5.74) is 1.38.